The van der Waals surface area contributed by atoms with E-state index in [0.717, 1.165) is 41.6 Å². The standard InChI is InChI=1S/C34H34F6N8O6/c1-4-23-27(45-11-13-46(14-12-45)30(50)26-28(52-3)24(7-10-41-26)54-34(38,39)40)31(51)48-32(43-29(44-48)20-8-15-53-16-9-20)47(23)18-25(49)42-22-6-5-21(17-19(22)2)33(35,36)37/h5-8,10,17H,4,9,11-16,18H2,1-3H3,(H,42,49). The number of pyridine rings is 1. The lowest BCUT2D eigenvalue weighted by Gasteiger charge is -2.36. The van der Waals surface area contributed by atoms with Gasteiger partial charge in [-0.15, -0.1) is 18.3 Å². The van der Waals surface area contributed by atoms with Gasteiger partial charge in [0.05, 0.1) is 31.6 Å². The quantitative estimate of drug-likeness (QED) is 0.242. The van der Waals surface area contributed by atoms with Crippen LogP contribution in [0.15, 0.2) is 41.3 Å². The van der Waals surface area contributed by atoms with E-state index in [4.69, 9.17) is 9.47 Å². The van der Waals surface area contributed by atoms with E-state index in [1.54, 1.807) is 17.9 Å². The van der Waals surface area contributed by atoms with Gasteiger partial charge in [-0.05, 0) is 49.1 Å². The van der Waals surface area contributed by atoms with Crippen LogP contribution in [0.4, 0.5) is 37.7 Å². The molecule has 20 heteroatoms. The fourth-order valence-electron chi connectivity index (χ4n) is 6.38. The lowest BCUT2D eigenvalue weighted by Crippen LogP contribution is -2.51. The van der Waals surface area contributed by atoms with Crippen LogP contribution in [0.2, 0.25) is 0 Å². The Bertz CT molecular complexity index is 2170. The summed E-state index contributed by atoms with van der Waals surface area (Å²) in [5.41, 5.74) is -0.105. The van der Waals surface area contributed by atoms with Crippen molar-refractivity contribution in [2.45, 2.75) is 45.8 Å². The first-order valence-corrected chi connectivity index (χ1v) is 16.7. The van der Waals surface area contributed by atoms with Crippen molar-refractivity contribution in [2.75, 3.05) is 56.7 Å². The number of anilines is 2. The Hall–Kier alpha value is -5.66. The molecule has 0 saturated carbocycles. The summed E-state index contributed by atoms with van der Waals surface area (Å²) < 4.78 is 95.9. The lowest BCUT2D eigenvalue weighted by atomic mass is 10.1. The van der Waals surface area contributed by atoms with Crippen molar-refractivity contribution in [3.63, 3.8) is 0 Å². The van der Waals surface area contributed by atoms with Crippen molar-refractivity contribution < 1.29 is 50.1 Å². The van der Waals surface area contributed by atoms with Gasteiger partial charge >= 0.3 is 12.5 Å². The number of carbonyl (C=O) groups excluding carboxylic acids is 2. The summed E-state index contributed by atoms with van der Waals surface area (Å²) in [4.78, 5) is 52.9. The normalized spacial score (nSPS) is 15.3. The Morgan fingerprint density at radius 1 is 1.06 bits per heavy atom. The monoisotopic (exact) mass is 764 g/mol. The Kier molecular flexibility index (Phi) is 10.6. The molecule has 4 aromatic rings. The van der Waals surface area contributed by atoms with Gasteiger partial charge in [-0.1, -0.05) is 13.0 Å². The molecule has 0 spiro atoms. The highest BCUT2D eigenvalue weighted by Gasteiger charge is 2.36. The molecule has 1 aromatic carbocycles. The van der Waals surface area contributed by atoms with Crippen LogP contribution >= 0.6 is 0 Å². The SMILES string of the molecule is CCc1c(N2CCN(C(=O)c3nccc(OC(F)(F)F)c3OC)CC2)c(=O)n2nc(C3=CCOCC3)nc2n1CC(=O)Nc1ccc(C(F)(F)F)cc1C. The van der Waals surface area contributed by atoms with Gasteiger partial charge in [0.15, 0.2) is 23.0 Å². The van der Waals surface area contributed by atoms with Crippen molar-refractivity contribution in [2.24, 2.45) is 0 Å². The van der Waals surface area contributed by atoms with Crippen LogP contribution in [0.5, 0.6) is 11.5 Å². The van der Waals surface area contributed by atoms with E-state index >= 15 is 0 Å². The van der Waals surface area contributed by atoms with Gasteiger partial charge in [0, 0.05) is 44.1 Å². The number of nitrogens with zero attached hydrogens (tertiary/aromatic N) is 7. The Labute approximate surface area is 302 Å². The molecule has 2 aliphatic heterocycles. The molecule has 0 atom stereocenters. The zero-order valence-corrected chi connectivity index (χ0v) is 29.2. The molecule has 288 valence electrons. The van der Waals surface area contributed by atoms with E-state index in [9.17, 15) is 40.7 Å². The summed E-state index contributed by atoms with van der Waals surface area (Å²) in [5.74, 6) is -2.22. The van der Waals surface area contributed by atoms with Crippen LogP contribution in [-0.4, -0.2) is 93.7 Å². The number of hydrogen-bond donors (Lipinski definition) is 1. The molecule has 14 nitrogen and oxygen atoms in total. The number of carbonyl (C=O) groups is 2. The molecule has 3 aromatic heterocycles. The summed E-state index contributed by atoms with van der Waals surface area (Å²) in [6.45, 7) is 3.80. The molecular weight excluding hydrogens is 730 g/mol. The third-order valence-corrected chi connectivity index (χ3v) is 8.92. The highest BCUT2D eigenvalue weighted by atomic mass is 19.4. The molecule has 1 fully saturated rings. The van der Waals surface area contributed by atoms with E-state index in [1.165, 1.54) is 22.5 Å². The molecule has 0 unspecified atom stereocenters. The number of alkyl halides is 6. The van der Waals surface area contributed by atoms with Crippen LogP contribution in [-0.2, 0) is 28.7 Å². The highest BCUT2D eigenvalue weighted by Crippen LogP contribution is 2.35. The van der Waals surface area contributed by atoms with Gasteiger partial charge in [0.1, 0.15) is 12.2 Å². The summed E-state index contributed by atoms with van der Waals surface area (Å²) in [5, 5.41) is 7.17. The number of ether oxygens (including phenoxy) is 3. The number of halogens is 6. The lowest BCUT2D eigenvalue weighted by molar-refractivity contribution is -0.275. The predicted molar refractivity (Wildman–Crippen MR) is 180 cm³/mol. The number of rotatable bonds is 9. The highest BCUT2D eigenvalue weighted by molar-refractivity contribution is 5.96. The molecule has 0 bridgehead atoms. The van der Waals surface area contributed by atoms with Gasteiger partial charge in [0.2, 0.25) is 11.7 Å². The summed E-state index contributed by atoms with van der Waals surface area (Å²) in [6, 6.07) is 3.89. The van der Waals surface area contributed by atoms with Crippen molar-refractivity contribution in [1.82, 2.24) is 29.0 Å². The van der Waals surface area contributed by atoms with Gasteiger partial charge in [-0.3, -0.25) is 14.4 Å². The number of piperazine rings is 1. The molecule has 1 saturated heterocycles. The summed E-state index contributed by atoms with van der Waals surface area (Å²) in [6.07, 6.45) is -6.10. The second-order valence-electron chi connectivity index (χ2n) is 12.3. The largest absolute Gasteiger partial charge is 0.573 e. The number of methoxy groups -OCH3 is 1. The third-order valence-electron chi connectivity index (χ3n) is 8.92. The smallest absolute Gasteiger partial charge is 0.491 e. The van der Waals surface area contributed by atoms with Crippen LogP contribution in [0.3, 0.4) is 0 Å². The van der Waals surface area contributed by atoms with Gasteiger partial charge in [-0.25, -0.2) is 4.98 Å². The fourth-order valence-corrected chi connectivity index (χ4v) is 6.38. The Balaban J connectivity index is 1.32. The molecule has 0 radical (unpaired) electrons. The molecule has 54 heavy (non-hydrogen) atoms. The number of fused-ring (bicyclic) bond motifs is 1. The first-order valence-electron chi connectivity index (χ1n) is 16.7. The Morgan fingerprint density at radius 3 is 2.41 bits per heavy atom. The molecule has 1 N–H and O–H groups in total. The zero-order valence-electron chi connectivity index (χ0n) is 29.2. The number of hydrogen-bond acceptors (Lipinski definition) is 10. The van der Waals surface area contributed by atoms with E-state index < -0.39 is 52.7 Å². The van der Waals surface area contributed by atoms with Crippen LogP contribution < -0.4 is 25.2 Å². The van der Waals surface area contributed by atoms with Crippen LogP contribution in [0.1, 0.15) is 46.5 Å². The fraction of sp³-hybridized carbons (Fsp3) is 0.412. The minimum absolute atomic E-state index is 0.0256. The first-order chi connectivity index (χ1) is 25.6. The molecule has 6 rings (SSSR count). The second kappa shape index (κ2) is 15.0. The number of benzene rings is 1. The van der Waals surface area contributed by atoms with Crippen molar-refractivity contribution in [3.8, 4) is 11.5 Å². The third kappa shape index (κ3) is 7.82. The van der Waals surface area contributed by atoms with E-state index in [1.807, 2.05) is 0 Å². The second-order valence-corrected chi connectivity index (χ2v) is 12.3. The maximum Gasteiger partial charge on any atom is 0.573 e. The first kappa shape index (κ1) is 38.1. The van der Waals surface area contributed by atoms with E-state index in [0.29, 0.717) is 25.3 Å². The van der Waals surface area contributed by atoms with E-state index in [-0.39, 0.29) is 67.7 Å². The van der Waals surface area contributed by atoms with Crippen LogP contribution in [0.25, 0.3) is 11.4 Å². The van der Waals surface area contributed by atoms with E-state index in [2.05, 4.69) is 25.1 Å². The van der Waals surface area contributed by atoms with Crippen LogP contribution in [0, 0.1) is 6.92 Å². The molecule has 2 aliphatic rings. The topological polar surface area (TPSA) is 145 Å². The number of aryl methyl sites for hydroxylation is 1. The average Bonchev–Trinajstić information content (AvgIpc) is 3.59. The number of aromatic nitrogens is 5. The predicted octanol–water partition coefficient (Wildman–Crippen LogP) is 4.49. The van der Waals surface area contributed by atoms with Crippen molar-refractivity contribution >= 4 is 34.5 Å². The molecule has 2 amide bonds. The Morgan fingerprint density at radius 2 is 1.80 bits per heavy atom. The summed E-state index contributed by atoms with van der Waals surface area (Å²) in [7, 11) is 1.08. The minimum atomic E-state index is -5.04. The van der Waals surface area contributed by atoms with Gasteiger partial charge in [-0.2, -0.15) is 22.7 Å². The van der Waals surface area contributed by atoms with Crippen molar-refractivity contribution in [3.05, 3.63) is 75.2 Å². The molecule has 0 aliphatic carbocycles. The molecular formula is C34H34F6N8O6. The molecule has 5 heterocycles. The maximum absolute atomic E-state index is 14.2. The van der Waals surface area contributed by atoms with Crippen molar-refractivity contribution in [1.29, 1.82) is 0 Å². The van der Waals surface area contributed by atoms with Gasteiger partial charge in [0.25, 0.3) is 11.5 Å². The zero-order chi connectivity index (χ0) is 38.9. The average molecular weight is 765 g/mol. The minimum Gasteiger partial charge on any atom is -0.491 e. The summed E-state index contributed by atoms with van der Waals surface area (Å²) >= 11 is 0. The number of amides is 2. The van der Waals surface area contributed by atoms with Gasteiger partial charge < -0.3 is 33.9 Å². The maximum atomic E-state index is 14.2. The number of nitrogens with one attached hydrogen (secondary N) is 1.